The fraction of sp³-hybridized carbons (Fsp3) is 0.333. The number of aryl methyl sites for hydroxylation is 1. The van der Waals surface area contributed by atoms with Gasteiger partial charge >= 0.3 is 6.01 Å². The average molecular weight is 480 g/mol. The third-order valence-electron chi connectivity index (χ3n) is 5.97. The molecule has 2 aromatic heterocycles. The molecule has 1 aliphatic rings. The van der Waals surface area contributed by atoms with Crippen molar-refractivity contribution in [3.63, 3.8) is 0 Å². The number of ether oxygens (including phenoxy) is 1. The van der Waals surface area contributed by atoms with Gasteiger partial charge in [0.1, 0.15) is 5.52 Å². The Morgan fingerprint density at radius 3 is 2.71 bits per heavy atom. The van der Waals surface area contributed by atoms with Crippen molar-refractivity contribution in [2.45, 2.75) is 25.9 Å². The molecule has 1 aliphatic heterocycles. The number of nitrogens with zero attached hydrogens (tertiary/aromatic N) is 5. The molecule has 1 fully saturated rings. The van der Waals surface area contributed by atoms with E-state index in [2.05, 4.69) is 44.4 Å². The third-order valence-corrected chi connectivity index (χ3v) is 6.25. The molecule has 1 saturated heterocycles. The number of nitrogens with one attached hydrogen (secondary N) is 2. The predicted octanol–water partition coefficient (Wildman–Crippen LogP) is 3.62. The maximum absolute atomic E-state index is 13.4. The second kappa shape index (κ2) is 8.73. The Hall–Kier alpha value is -3.43. The molecular weight excluding hydrogens is 454 g/mol. The van der Waals surface area contributed by atoms with Crippen LogP contribution in [0.15, 0.2) is 36.7 Å². The molecule has 0 saturated carbocycles. The quantitative estimate of drug-likeness (QED) is 0.461. The second-order valence-corrected chi connectivity index (χ2v) is 9.18. The molecule has 1 amide bonds. The summed E-state index contributed by atoms with van der Waals surface area (Å²) < 4.78 is 6.95. The topological polar surface area (TPSA) is 97.2 Å². The molecule has 0 unspecified atom stereocenters. The third kappa shape index (κ3) is 4.12. The van der Waals surface area contributed by atoms with Gasteiger partial charge in [-0.2, -0.15) is 10.1 Å². The number of aromatic nitrogens is 4. The molecule has 0 bridgehead atoms. The van der Waals surface area contributed by atoms with E-state index in [1.54, 1.807) is 23.0 Å². The lowest BCUT2D eigenvalue weighted by atomic mass is 10.0. The monoisotopic (exact) mass is 479 g/mol. The number of hydrogen-bond donors (Lipinski definition) is 2. The molecule has 0 radical (unpaired) electrons. The van der Waals surface area contributed by atoms with E-state index < -0.39 is 0 Å². The fourth-order valence-corrected chi connectivity index (χ4v) is 4.92. The summed E-state index contributed by atoms with van der Waals surface area (Å²) in [6, 6.07) is 8.21. The molecule has 34 heavy (non-hydrogen) atoms. The van der Waals surface area contributed by atoms with Crippen molar-refractivity contribution in [3.05, 3.63) is 47.2 Å². The van der Waals surface area contributed by atoms with Gasteiger partial charge in [-0.05, 0) is 38.1 Å². The SMILES string of the molecule is COc1ncc2c(N3C[C@@H](C)N[C@@H](C)C3)ccc(C(=O)Nc3cc(Cl)c4nn(C)cc4c3)c2n1. The Bertz CT molecular complexity index is 1390. The van der Waals surface area contributed by atoms with Crippen molar-refractivity contribution < 1.29 is 9.53 Å². The zero-order valence-electron chi connectivity index (χ0n) is 19.5. The second-order valence-electron chi connectivity index (χ2n) is 8.78. The number of carbonyl (C=O) groups is 1. The molecule has 10 heteroatoms. The molecule has 9 nitrogen and oxygen atoms in total. The van der Waals surface area contributed by atoms with E-state index in [0.717, 1.165) is 29.5 Å². The molecule has 2 N–H and O–H groups in total. The summed E-state index contributed by atoms with van der Waals surface area (Å²) in [6.45, 7) is 6.02. The average Bonchev–Trinajstić information content (AvgIpc) is 3.18. The van der Waals surface area contributed by atoms with Gasteiger partial charge < -0.3 is 20.3 Å². The normalized spacial score (nSPS) is 18.4. The van der Waals surface area contributed by atoms with E-state index in [-0.39, 0.29) is 11.9 Å². The number of amides is 1. The van der Waals surface area contributed by atoms with E-state index in [4.69, 9.17) is 16.3 Å². The van der Waals surface area contributed by atoms with Crippen LogP contribution in [-0.2, 0) is 7.05 Å². The van der Waals surface area contributed by atoms with Crippen LogP contribution in [0, 0.1) is 0 Å². The van der Waals surface area contributed by atoms with Gasteiger partial charge in [-0.15, -0.1) is 0 Å². The van der Waals surface area contributed by atoms with Crippen molar-refractivity contribution in [1.29, 1.82) is 0 Å². The Balaban J connectivity index is 1.54. The van der Waals surface area contributed by atoms with Crippen LogP contribution in [0.1, 0.15) is 24.2 Å². The van der Waals surface area contributed by atoms with Gasteiger partial charge in [0.05, 0.1) is 23.2 Å². The zero-order chi connectivity index (χ0) is 24.0. The van der Waals surface area contributed by atoms with E-state index in [1.807, 2.05) is 25.4 Å². The van der Waals surface area contributed by atoms with Crippen molar-refractivity contribution in [2.75, 3.05) is 30.4 Å². The van der Waals surface area contributed by atoms with Gasteiger partial charge in [0.2, 0.25) is 0 Å². The Kier molecular flexibility index (Phi) is 5.75. The highest BCUT2D eigenvalue weighted by molar-refractivity contribution is 6.35. The summed E-state index contributed by atoms with van der Waals surface area (Å²) in [5.41, 5.74) is 3.23. The van der Waals surface area contributed by atoms with Crippen molar-refractivity contribution in [1.82, 2.24) is 25.1 Å². The Morgan fingerprint density at radius 1 is 1.21 bits per heavy atom. The maximum Gasteiger partial charge on any atom is 0.316 e. The first-order valence-corrected chi connectivity index (χ1v) is 11.5. The smallest absolute Gasteiger partial charge is 0.316 e. The minimum Gasteiger partial charge on any atom is -0.467 e. The molecule has 0 spiro atoms. The number of hydrogen-bond acceptors (Lipinski definition) is 7. The number of piperazine rings is 1. The first-order valence-electron chi connectivity index (χ1n) is 11.1. The van der Waals surface area contributed by atoms with Crippen LogP contribution in [0.5, 0.6) is 6.01 Å². The lowest BCUT2D eigenvalue weighted by molar-refractivity contribution is 0.102. The molecule has 4 aromatic rings. The van der Waals surface area contributed by atoms with E-state index >= 15 is 0 Å². The Labute approximate surface area is 202 Å². The van der Waals surface area contributed by atoms with Crippen LogP contribution in [0.2, 0.25) is 5.02 Å². The predicted molar refractivity (Wildman–Crippen MR) is 134 cm³/mol. The van der Waals surface area contributed by atoms with Gasteiger partial charge in [0.15, 0.2) is 0 Å². The number of anilines is 2. The van der Waals surface area contributed by atoms with Crippen molar-refractivity contribution >= 4 is 50.7 Å². The summed E-state index contributed by atoms with van der Waals surface area (Å²) in [5.74, 6) is -0.293. The lowest BCUT2D eigenvalue weighted by Crippen LogP contribution is -2.54. The highest BCUT2D eigenvalue weighted by Gasteiger charge is 2.24. The number of carbonyl (C=O) groups excluding carboxylic acids is 1. The van der Waals surface area contributed by atoms with Gasteiger partial charge in [0.25, 0.3) is 5.91 Å². The minimum absolute atomic E-state index is 0.209. The summed E-state index contributed by atoms with van der Waals surface area (Å²) in [7, 11) is 3.34. The summed E-state index contributed by atoms with van der Waals surface area (Å²) >= 11 is 6.40. The number of benzene rings is 2. The molecule has 2 atom stereocenters. The minimum atomic E-state index is -0.293. The fourth-order valence-electron chi connectivity index (χ4n) is 4.65. The molecule has 176 valence electrons. The molecular formula is C24H26ClN7O2. The van der Waals surface area contributed by atoms with E-state index in [1.165, 1.54) is 7.11 Å². The van der Waals surface area contributed by atoms with E-state index in [9.17, 15) is 4.79 Å². The first-order chi connectivity index (χ1) is 16.3. The van der Waals surface area contributed by atoms with Gasteiger partial charge in [-0.3, -0.25) is 9.48 Å². The number of rotatable bonds is 4. The molecule has 2 aromatic carbocycles. The van der Waals surface area contributed by atoms with Gasteiger partial charge in [0, 0.05) is 66.8 Å². The maximum atomic E-state index is 13.4. The van der Waals surface area contributed by atoms with E-state index in [0.29, 0.717) is 39.4 Å². The van der Waals surface area contributed by atoms with Crippen molar-refractivity contribution in [2.24, 2.45) is 7.05 Å². The van der Waals surface area contributed by atoms with Crippen molar-refractivity contribution in [3.8, 4) is 6.01 Å². The summed E-state index contributed by atoms with van der Waals surface area (Å²) in [5, 5.41) is 13.0. The lowest BCUT2D eigenvalue weighted by Gasteiger charge is -2.38. The van der Waals surface area contributed by atoms with Gasteiger partial charge in [-0.25, -0.2) is 4.98 Å². The standard InChI is InChI=1S/C24H26ClN7O2/c1-13-10-32(11-14(2)27-13)20-6-5-17(22-18(20)9-26-24(29-22)34-4)23(33)28-16-7-15-12-31(3)30-21(15)19(25)8-16/h5-9,12-14,27H,10-11H2,1-4H3,(H,28,33)/t13-,14+. The van der Waals surface area contributed by atoms with Gasteiger partial charge in [-0.1, -0.05) is 11.6 Å². The van der Waals surface area contributed by atoms with Crippen LogP contribution < -0.4 is 20.3 Å². The van der Waals surface area contributed by atoms with Crippen LogP contribution in [0.3, 0.4) is 0 Å². The number of halogens is 1. The zero-order valence-corrected chi connectivity index (χ0v) is 20.2. The molecule has 5 rings (SSSR count). The highest BCUT2D eigenvalue weighted by Crippen LogP contribution is 2.32. The number of methoxy groups -OCH3 is 1. The largest absolute Gasteiger partial charge is 0.467 e. The molecule has 0 aliphatic carbocycles. The number of fused-ring (bicyclic) bond motifs is 2. The Morgan fingerprint density at radius 2 is 1.97 bits per heavy atom. The van der Waals surface area contributed by atoms with Crippen LogP contribution >= 0.6 is 11.6 Å². The first kappa shape index (κ1) is 22.4. The molecule has 3 heterocycles. The summed E-state index contributed by atoms with van der Waals surface area (Å²) in [6.07, 6.45) is 3.58. The highest BCUT2D eigenvalue weighted by atomic mass is 35.5. The van der Waals surface area contributed by atoms with Crippen LogP contribution in [0.4, 0.5) is 11.4 Å². The summed E-state index contributed by atoms with van der Waals surface area (Å²) in [4.78, 5) is 24.5. The van der Waals surface area contributed by atoms with Crippen LogP contribution in [-0.4, -0.2) is 57.9 Å². The van der Waals surface area contributed by atoms with Crippen LogP contribution in [0.25, 0.3) is 21.8 Å².